The summed E-state index contributed by atoms with van der Waals surface area (Å²) in [5.41, 5.74) is -2.33. The molecule has 0 radical (unpaired) electrons. The van der Waals surface area contributed by atoms with Crippen LogP contribution >= 0.6 is 0 Å². The Morgan fingerprint density at radius 1 is 0.315 bits per heavy atom. The van der Waals surface area contributed by atoms with Gasteiger partial charge in [-0.3, -0.25) is 43.2 Å². The maximum absolute atomic E-state index is 14.1. The van der Waals surface area contributed by atoms with Gasteiger partial charge in [0.15, 0.2) is 0 Å². The molecule has 308 valence electrons. The Morgan fingerprint density at radius 3 is 0.741 bits per heavy atom. The molecule has 0 atom stereocenters. The van der Waals surface area contributed by atoms with E-state index in [1.807, 2.05) is 0 Å². The molecule has 0 unspecified atom stereocenters. The predicted molar refractivity (Wildman–Crippen MR) is 189 cm³/mol. The van der Waals surface area contributed by atoms with Gasteiger partial charge in [0.25, 0.3) is 0 Å². The lowest BCUT2D eigenvalue weighted by Crippen LogP contribution is -2.32. The number of hydrogen-bond donors (Lipinski definition) is 8. The number of Topliss-reactive ketones (excluding diaryl/α,β-unsaturated/α-hetero) is 1. The summed E-state index contributed by atoms with van der Waals surface area (Å²) in [6.07, 6.45) is -1.15. The first kappa shape index (κ1) is 49.4. The number of carbonyl (C=O) groups excluding carboxylic acids is 1. The lowest BCUT2D eigenvalue weighted by molar-refractivity contribution is -0.140. The van der Waals surface area contributed by atoms with Crippen molar-refractivity contribution in [3.8, 4) is 0 Å². The zero-order chi connectivity index (χ0) is 41.3. The number of ketones is 1. The number of rotatable bonds is 36. The maximum atomic E-state index is 14.1. The van der Waals surface area contributed by atoms with E-state index in [1.54, 1.807) is 0 Å². The topological polar surface area (TPSA) is 315 Å². The maximum Gasteiger partial charge on any atom is 0.303 e. The van der Waals surface area contributed by atoms with Crippen molar-refractivity contribution in [3.63, 3.8) is 0 Å². The second-order valence-electron chi connectivity index (χ2n) is 14.7. The van der Waals surface area contributed by atoms with Crippen molar-refractivity contribution < 1.29 is 84.0 Å². The molecule has 0 aliphatic heterocycles. The van der Waals surface area contributed by atoms with Gasteiger partial charge in [0.05, 0.1) is 0 Å². The molecule has 8 N–H and O–H groups in total. The minimum atomic E-state index is -1.19. The number of aliphatic carboxylic acids is 8. The van der Waals surface area contributed by atoms with E-state index < -0.39 is 90.1 Å². The van der Waals surface area contributed by atoms with E-state index in [2.05, 4.69) is 0 Å². The highest BCUT2D eigenvalue weighted by molar-refractivity contribution is 5.80. The Labute approximate surface area is 314 Å². The summed E-state index contributed by atoms with van der Waals surface area (Å²) in [6.45, 7) is 0. The second kappa shape index (κ2) is 26.2. The van der Waals surface area contributed by atoms with Crippen LogP contribution in [-0.4, -0.2) is 94.4 Å². The van der Waals surface area contributed by atoms with Gasteiger partial charge in [-0.25, -0.2) is 0 Å². The van der Waals surface area contributed by atoms with Crippen LogP contribution in [-0.2, 0) is 43.2 Å². The van der Waals surface area contributed by atoms with Crippen LogP contribution in [0.4, 0.5) is 0 Å². The van der Waals surface area contributed by atoms with E-state index in [9.17, 15) is 63.6 Å². The monoisotopic (exact) mass is 774 g/mol. The van der Waals surface area contributed by atoms with Gasteiger partial charge in [0.1, 0.15) is 5.78 Å². The van der Waals surface area contributed by atoms with Crippen LogP contribution in [0.25, 0.3) is 0 Å². The van der Waals surface area contributed by atoms with Crippen molar-refractivity contribution in [2.45, 2.75) is 154 Å². The van der Waals surface area contributed by atoms with Gasteiger partial charge in [-0.05, 0) is 86.9 Å². The van der Waals surface area contributed by atoms with Crippen LogP contribution in [0.1, 0.15) is 154 Å². The third-order valence-electron chi connectivity index (χ3n) is 10.3. The molecule has 0 aromatic heterocycles. The number of carbonyl (C=O) groups is 9. The SMILES string of the molecule is O=C(O)CCC(CCCC(CCC(=O)O)(CCC(=O)O)CC(=O)CC(CCCC(CCC(=O)O)CCC(=O)O)(CCC(=O)O)CCC(=O)O)CCC(=O)O. The second-order valence-corrected chi connectivity index (χ2v) is 14.7. The molecule has 0 heterocycles. The Morgan fingerprint density at radius 2 is 0.537 bits per heavy atom. The van der Waals surface area contributed by atoms with E-state index in [4.69, 9.17) is 20.4 Å². The highest BCUT2D eigenvalue weighted by atomic mass is 16.4. The molecule has 0 spiro atoms. The molecule has 54 heavy (non-hydrogen) atoms. The summed E-state index contributed by atoms with van der Waals surface area (Å²) in [7, 11) is 0. The molecule has 0 aliphatic carbocycles. The predicted octanol–water partition coefficient (Wildman–Crippen LogP) is 5.80. The molecule has 0 aromatic rings. The summed E-state index contributed by atoms with van der Waals surface area (Å²) in [5, 5.41) is 74.9. The van der Waals surface area contributed by atoms with E-state index >= 15 is 0 Å². The van der Waals surface area contributed by atoms with Crippen molar-refractivity contribution in [1.82, 2.24) is 0 Å². The van der Waals surface area contributed by atoms with Gasteiger partial charge in [0.2, 0.25) is 0 Å². The average Bonchev–Trinajstić information content (AvgIpc) is 3.05. The summed E-state index contributed by atoms with van der Waals surface area (Å²) in [5.74, 6) is -10.1. The van der Waals surface area contributed by atoms with Crippen LogP contribution in [0.3, 0.4) is 0 Å². The fourth-order valence-corrected chi connectivity index (χ4v) is 7.38. The number of carboxylic acids is 8. The molecule has 17 nitrogen and oxygen atoms in total. The van der Waals surface area contributed by atoms with Gasteiger partial charge in [-0.2, -0.15) is 0 Å². The normalized spacial score (nSPS) is 11.7. The summed E-state index contributed by atoms with van der Waals surface area (Å²) >= 11 is 0. The van der Waals surface area contributed by atoms with Crippen molar-refractivity contribution >= 4 is 53.5 Å². The van der Waals surface area contributed by atoms with Gasteiger partial charge in [-0.15, -0.1) is 0 Å². The molecule has 0 fully saturated rings. The summed E-state index contributed by atoms with van der Waals surface area (Å²) in [4.78, 5) is 106. The lowest BCUT2D eigenvalue weighted by atomic mass is 9.66. The van der Waals surface area contributed by atoms with Crippen molar-refractivity contribution in [3.05, 3.63) is 0 Å². The van der Waals surface area contributed by atoms with Gasteiger partial charge >= 0.3 is 47.8 Å². The minimum absolute atomic E-state index is 0.0949. The van der Waals surface area contributed by atoms with Crippen molar-refractivity contribution in [2.24, 2.45) is 22.7 Å². The van der Waals surface area contributed by atoms with E-state index in [-0.39, 0.29) is 115 Å². The summed E-state index contributed by atoms with van der Waals surface area (Å²) < 4.78 is 0. The molecule has 0 saturated carbocycles. The van der Waals surface area contributed by atoms with Crippen molar-refractivity contribution in [2.75, 3.05) is 0 Å². The molecule has 0 aromatic carbocycles. The van der Waals surface area contributed by atoms with Crippen LogP contribution in [0.15, 0.2) is 0 Å². The minimum Gasteiger partial charge on any atom is -0.481 e. The Hall–Kier alpha value is -4.57. The molecule has 0 bridgehead atoms. The van der Waals surface area contributed by atoms with E-state index in [1.165, 1.54) is 0 Å². The smallest absolute Gasteiger partial charge is 0.303 e. The zero-order valence-electron chi connectivity index (χ0n) is 30.9. The van der Waals surface area contributed by atoms with Crippen LogP contribution in [0.2, 0.25) is 0 Å². The Bertz CT molecular complexity index is 1110. The largest absolute Gasteiger partial charge is 0.481 e. The molecular weight excluding hydrogens is 716 g/mol. The third-order valence-corrected chi connectivity index (χ3v) is 10.3. The molecule has 0 amide bonds. The fourth-order valence-electron chi connectivity index (χ4n) is 7.38. The zero-order valence-corrected chi connectivity index (χ0v) is 30.9. The highest BCUT2D eigenvalue weighted by Gasteiger charge is 2.38. The van der Waals surface area contributed by atoms with Gasteiger partial charge in [-0.1, -0.05) is 25.7 Å². The van der Waals surface area contributed by atoms with Gasteiger partial charge < -0.3 is 40.9 Å². The van der Waals surface area contributed by atoms with Crippen LogP contribution < -0.4 is 0 Å². The molecule has 0 rings (SSSR count). The average molecular weight is 775 g/mol. The van der Waals surface area contributed by atoms with Crippen LogP contribution in [0, 0.1) is 22.7 Å². The van der Waals surface area contributed by atoms with E-state index in [0.29, 0.717) is 25.7 Å². The van der Waals surface area contributed by atoms with Gasteiger partial charge in [0, 0.05) is 64.2 Å². The first-order valence-corrected chi connectivity index (χ1v) is 18.4. The first-order valence-electron chi connectivity index (χ1n) is 18.4. The number of carboxylic acid groups (broad SMARTS) is 8. The quantitative estimate of drug-likeness (QED) is 0.0373. The van der Waals surface area contributed by atoms with Crippen LogP contribution in [0.5, 0.6) is 0 Å². The molecular formula is C37H58O17. The highest BCUT2D eigenvalue weighted by Crippen LogP contribution is 2.45. The molecule has 0 saturated heterocycles. The molecule has 0 aliphatic rings. The van der Waals surface area contributed by atoms with E-state index in [0.717, 1.165) is 0 Å². The lowest BCUT2D eigenvalue weighted by Gasteiger charge is -2.37. The summed E-state index contributed by atoms with van der Waals surface area (Å²) in [6, 6.07) is 0. The Kier molecular flexibility index (Phi) is 24.0. The number of hydrogen-bond acceptors (Lipinski definition) is 9. The third kappa shape index (κ3) is 25.4. The van der Waals surface area contributed by atoms with Crippen molar-refractivity contribution in [1.29, 1.82) is 0 Å². The Balaban J connectivity index is 6.56. The standard InChI is InChI=1S/C37H58O17/c38-27(23-36(19-13-32(47)48,20-14-33(49)50)17-1-3-25(5-9-28(39)40)6-10-29(41)42)24-37(21-15-34(51)52,22-16-35(53)54)18-2-4-26(7-11-30(43)44)8-12-31(45)46/h25-26H,1-24H2,(H,39,40)(H,41,42)(H,43,44)(H,45,46)(H,47,48)(H,49,50)(H,51,52)(H,53,54). The molecule has 17 heteroatoms. The fraction of sp³-hybridized carbons (Fsp3) is 0.757. The first-order chi connectivity index (χ1) is 25.2.